The zero-order valence-corrected chi connectivity index (χ0v) is 19.1. The van der Waals surface area contributed by atoms with Gasteiger partial charge in [0.05, 0.1) is 9.79 Å². The molecule has 0 unspecified atom stereocenters. The highest BCUT2D eigenvalue weighted by Gasteiger charge is 2.32. The average Bonchev–Trinajstić information content (AvgIpc) is 2.78. The summed E-state index contributed by atoms with van der Waals surface area (Å²) in [4.78, 5) is 12.8. The number of piperidine rings is 1. The smallest absolute Gasteiger partial charge is 0.243 e. The van der Waals surface area contributed by atoms with E-state index in [1.807, 2.05) is 0 Å². The minimum atomic E-state index is -3.77. The molecule has 32 heavy (non-hydrogen) atoms. The Morgan fingerprint density at radius 1 is 0.906 bits per heavy atom. The highest BCUT2D eigenvalue weighted by atomic mass is 32.2. The van der Waals surface area contributed by atoms with Gasteiger partial charge in [-0.15, -0.1) is 0 Å². The normalized spacial score (nSPS) is 17.7. The average molecular weight is 481 g/mol. The van der Waals surface area contributed by atoms with Crippen LogP contribution in [0.1, 0.15) is 12.8 Å². The van der Waals surface area contributed by atoms with Crippen molar-refractivity contribution in [1.82, 2.24) is 4.31 Å². The Balaban J connectivity index is 1.37. The third-order valence-corrected chi connectivity index (χ3v) is 8.57. The van der Waals surface area contributed by atoms with E-state index in [4.69, 9.17) is 9.47 Å². The number of hydrogen-bond acceptors (Lipinski definition) is 7. The molecule has 1 amide bonds. The molecule has 2 aliphatic heterocycles. The molecule has 1 fully saturated rings. The van der Waals surface area contributed by atoms with Gasteiger partial charge >= 0.3 is 0 Å². The molecular formula is C21H24N2O7S2. The fourth-order valence-electron chi connectivity index (χ4n) is 3.73. The number of hydrogen-bond donors (Lipinski definition) is 1. The predicted octanol–water partition coefficient (Wildman–Crippen LogP) is 1.90. The molecule has 1 saturated heterocycles. The van der Waals surface area contributed by atoms with E-state index in [0.29, 0.717) is 43.2 Å². The molecule has 2 heterocycles. The van der Waals surface area contributed by atoms with E-state index < -0.39 is 19.9 Å². The van der Waals surface area contributed by atoms with E-state index in [-0.39, 0.29) is 34.7 Å². The predicted molar refractivity (Wildman–Crippen MR) is 117 cm³/mol. The summed E-state index contributed by atoms with van der Waals surface area (Å²) in [5.41, 5.74) is 0.597. The van der Waals surface area contributed by atoms with Gasteiger partial charge in [-0.25, -0.2) is 16.8 Å². The van der Waals surface area contributed by atoms with Crippen LogP contribution in [-0.4, -0.2) is 59.6 Å². The molecule has 0 aromatic heterocycles. The first-order valence-electron chi connectivity index (χ1n) is 10.2. The van der Waals surface area contributed by atoms with Crippen LogP contribution in [-0.2, 0) is 24.7 Å². The summed E-state index contributed by atoms with van der Waals surface area (Å²) in [6.45, 7) is 1.35. The summed E-state index contributed by atoms with van der Waals surface area (Å²) in [5, 5.41) is 2.87. The maximum atomic E-state index is 12.9. The van der Waals surface area contributed by atoms with Gasteiger partial charge in [-0.1, -0.05) is 0 Å². The van der Waals surface area contributed by atoms with E-state index in [0.717, 1.165) is 6.26 Å². The number of benzene rings is 2. The maximum Gasteiger partial charge on any atom is 0.243 e. The van der Waals surface area contributed by atoms with E-state index in [1.165, 1.54) is 28.6 Å². The Morgan fingerprint density at radius 2 is 1.50 bits per heavy atom. The summed E-state index contributed by atoms with van der Waals surface area (Å²) in [7, 11) is -7.17. The van der Waals surface area contributed by atoms with Gasteiger partial charge in [0.25, 0.3) is 0 Å². The summed E-state index contributed by atoms with van der Waals surface area (Å²) in [6.07, 6.45) is 1.84. The quantitative estimate of drug-likeness (QED) is 0.694. The second-order valence-electron chi connectivity index (χ2n) is 7.77. The first-order chi connectivity index (χ1) is 15.1. The fourth-order valence-corrected chi connectivity index (χ4v) is 5.83. The van der Waals surface area contributed by atoms with Crippen LogP contribution in [0.25, 0.3) is 0 Å². The monoisotopic (exact) mass is 480 g/mol. The van der Waals surface area contributed by atoms with Crippen molar-refractivity contribution in [1.29, 1.82) is 0 Å². The number of anilines is 1. The van der Waals surface area contributed by atoms with Crippen molar-refractivity contribution in [3.05, 3.63) is 42.5 Å². The van der Waals surface area contributed by atoms with Crippen LogP contribution in [0.4, 0.5) is 5.69 Å². The lowest BCUT2D eigenvalue weighted by molar-refractivity contribution is -0.120. The maximum absolute atomic E-state index is 12.9. The lowest BCUT2D eigenvalue weighted by atomic mass is 9.97. The largest absolute Gasteiger partial charge is 0.486 e. The Labute approximate surface area is 187 Å². The van der Waals surface area contributed by atoms with Crippen molar-refractivity contribution in [3.63, 3.8) is 0 Å². The Bertz CT molecular complexity index is 1220. The second kappa shape index (κ2) is 8.72. The molecule has 4 rings (SSSR count). The van der Waals surface area contributed by atoms with Crippen molar-refractivity contribution in [2.24, 2.45) is 5.92 Å². The molecule has 2 aromatic rings. The number of ether oxygens (including phenoxy) is 2. The van der Waals surface area contributed by atoms with E-state index >= 15 is 0 Å². The third kappa shape index (κ3) is 4.74. The van der Waals surface area contributed by atoms with E-state index in [9.17, 15) is 21.6 Å². The third-order valence-electron chi connectivity index (χ3n) is 5.52. The van der Waals surface area contributed by atoms with Crippen LogP contribution >= 0.6 is 0 Å². The molecule has 0 bridgehead atoms. The molecule has 0 atom stereocenters. The number of nitrogens with one attached hydrogen (secondary N) is 1. The van der Waals surface area contributed by atoms with Crippen LogP contribution in [0.2, 0.25) is 0 Å². The van der Waals surface area contributed by atoms with Crippen molar-refractivity contribution in [3.8, 4) is 11.5 Å². The van der Waals surface area contributed by atoms with Crippen molar-refractivity contribution < 1.29 is 31.1 Å². The van der Waals surface area contributed by atoms with Crippen LogP contribution in [0, 0.1) is 5.92 Å². The Kier molecular flexibility index (Phi) is 6.15. The SMILES string of the molecule is CS(=O)(=O)c1ccc(S(=O)(=O)N2CCC(C(=O)Nc3ccc4c(c3)OCCO4)CC2)cc1. The molecular weight excluding hydrogens is 456 g/mol. The van der Waals surface area contributed by atoms with Gasteiger partial charge in [0, 0.05) is 37.0 Å². The standard InChI is InChI=1S/C21H24N2O7S2/c1-31(25,26)17-3-5-18(6-4-17)32(27,28)23-10-8-15(9-11-23)21(24)22-16-2-7-19-20(14-16)30-13-12-29-19/h2-7,14-15H,8-13H2,1H3,(H,22,24). The van der Waals surface area contributed by atoms with Crippen LogP contribution in [0.3, 0.4) is 0 Å². The Hall–Kier alpha value is -2.63. The molecule has 2 aliphatic rings. The van der Waals surface area contributed by atoms with Crippen molar-refractivity contribution in [2.75, 3.05) is 37.9 Å². The fraction of sp³-hybridized carbons (Fsp3) is 0.381. The number of carbonyl (C=O) groups excluding carboxylic acids is 1. The molecule has 9 nitrogen and oxygen atoms in total. The van der Waals surface area contributed by atoms with Gasteiger partial charge in [-0.3, -0.25) is 4.79 Å². The molecule has 172 valence electrons. The van der Waals surface area contributed by atoms with Gasteiger partial charge in [0.15, 0.2) is 21.3 Å². The van der Waals surface area contributed by atoms with Gasteiger partial charge in [0.1, 0.15) is 13.2 Å². The molecule has 2 aromatic carbocycles. The minimum Gasteiger partial charge on any atom is -0.486 e. The summed E-state index contributed by atoms with van der Waals surface area (Å²) in [5.74, 6) is 0.729. The highest BCUT2D eigenvalue weighted by Crippen LogP contribution is 2.33. The van der Waals surface area contributed by atoms with Crippen LogP contribution in [0.15, 0.2) is 52.3 Å². The zero-order chi connectivity index (χ0) is 22.9. The van der Waals surface area contributed by atoms with E-state index in [2.05, 4.69) is 5.32 Å². The van der Waals surface area contributed by atoms with Gasteiger partial charge < -0.3 is 14.8 Å². The molecule has 0 saturated carbocycles. The molecule has 0 aliphatic carbocycles. The van der Waals surface area contributed by atoms with Gasteiger partial charge in [-0.05, 0) is 49.2 Å². The number of rotatable bonds is 5. The van der Waals surface area contributed by atoms with Crippen LogP contribution < -0.4 is 14.8 Å². The number of carbonyl (C=O) groups is 1. The first kappa shape index (κ1) is 22.6. The van der Waals surface area contributed by atoms with Gasteiger partial charge in [-0.2, -0.15) is 4.31 Å². The summed E-state index contributed by atoms with van der Waals surface area (Å²) in [6, 6.07) is 10.4. The molecule has 11 heteroatoms. The van der Waals surface area contributed by atoms with Crippen molar-refractivity contribution >= 4 is 31.5 Å². The summed E-state index contributed by atoms with van der Waals surface area (Å²) < 4.78 is 61.3. The number of sulfonamides is 1. The van der Waals surface area contributed by atoms with Crippen molar-refractivity contribution in [2.45, 2.75) is 22.6 Å². The number of amides is 1. The number of sulfone groups is 1. The molecule has 0 spiro atoms. The van der Waals surface area contributed by atoms with Crippen LogP contribution in [0.5, 0.6) is 11.5 Å². The number of fused-ring (bicyclic) bond motifs is 1. The zero-order valence-electron chi connectivity index (χ0n) is 17.5. The van der Waals surface area contributed by atoms with E-state index in [1.54, 1.807) is 18.2 Å². The first-order valence-corrected chi connectivity index (χ1v) is 13.5. The second-order valence-corrected chi connectivity index (χ2v) is 11.7. The summed E-state index contributed by atoms with van der Waals surface area (Å²) >= 11 is 0. The lowest BCUT2D eigenvalue weighted by Gasteiger charge is -2.30. The minimum absolute atomic E-state index is 0.0316. The van der Waals surface area contributed by atoms with Gasteiger partial charge in [0.2, 0.25) is 15.9 Å². The lowest BCUT2D eigenvalue weighted by Crippen LogP contribution is -2.41. The highest BCUT2D eigenvalue weighted by molar-refractivity contribution is 7.90. The topological polar surface area (TPSA) is 119 Å². The molecule has 0 radical (unpaired) electrons. The number of nitrogens with zero attached hydrogens (tertiary/aromatic N) is 1. The molecule has 1 N–H and O–H groups in total. The Morgan fingerprint density at radius 3 is 2.12 bits per heavy atom.